The third-order valence-corrected chi connectivity index (χ3v) is 8.02. The lowest BCUT2D eigenvalue weighted by Crippen LogP contribution is -2.44. The van der Waals surface area contributed by atoms with Crippen molar-refractivity contribution in [3.8, 4) is 0 Å². The number of allylic oxidation sites excluding steroid dienone is 2. The molecule has 0 bridgehead atoms. The minimum Gasteiger partial charge on any atom is -0.342 e. The third kappa shape index (κ3) is 2.46. The highest BCUT2D eigenvalue weighted by molar-refractivity contribution is 7.10. The van der Waals surface area contributed by atoms with Gasteiger partial charge in [-0.3, -0.25) is 4.79 Å². The van der Waals surface area contributed by atoms with E-state index in [4.69, 9.17) is 0 Å². The second-order valence-corrected chi connectivity index (χ2v) is 9.33. The number of nitrogens with one attached hydrogen (secondary N) is 1. The van der Waals surface area contributed by atoms with E-state index in [1.807, 2.05) is 5.51 Å². The number of fused-ring (bicyclic) bond motifs is 1. The Morgan fingerprint density at radius 3 is 2.63 bits per heavy atom. The Bertz CT molecular complexity index is 907. The molecule has 2 aliphatic carbocycles. The smallest absolute Gasteiger partial charge is 0.162 e. The number of aromatic nitrogens is 1. The first-order valence-corrected chi connectivity index (χ1v) is 11.1. The second-order valence-electron chi connectivity index (χ2n) is 8.47. The number of hydrogen-bond donors (Lipinski definition) is 1. The molecule has 1 aromatic carbocycles. The Hall–Kier alpha value is -1.94. The van der Waals surface area contributed by atoms with Crippen LogP contribution in [0.25, 0.3) is 0 Å². The normalized spacial score (nSPS) is 26.5. The molecule has 140 valence electrons. The topological polar surface area (TPSA) is 42.0 Å². The molecule has 1 fully saturated rings. The molecule has 1 unspecified atom stereocenters. The largest absolute Gasteiger partial charge is 0.342 e. The zero-order valence-corrected chi connectivity index (χ0v) is 16.7. The van der Waals surface area contributed by atoms with Crippen molar-refractivity contribution in [2.45, 2.75) is 63.7 Å². The first-order valence-electron chi connectivity index (χ1n) is 10.2. The fourth-order valence-electron chi connectivity index (χ4n) is 5.81. The molecule has 5 rings (SSSR count). The molecule has 3 nitrogen and oxygen atoms in total. The fourth-order valence-corrected chi connectivity index (χ4v) is 6.86. The summed E-state index contributed by atoms with van der Waals surface area (Å²) in [5.74, 6) is 1.32. The Kier molecular flexibility index (Phi) is 4.01. The molecule has 1 saturated carbocycles. The monoisotopic (exact) mass is 378 g/mol. The Morgan fingerprint density at radius 1 is 1.11 bits per heavy atom. The highest BCUT2D eigenvalue weighted by Gasteiger charge is 2.52. The van der Waals surface area contributed by atoms with Crippen LogP contribution >= 0.6 is 11.3 Å². The van der Waals surface area contributed by atoms with E-state index in [2.05, 4.69) is 47.6 Å². The van der Waals surface area contributed by atoms with E-state index in [1.54, 1.807) is 11.3 Å². The number of Topliss-reactive ketones (excluding diaryl/α,β-unsaturated/α-hetero) is 1. The zero-order chi connectivity index (χ0) is 18.5. The Labute approximate surface area is 164 Å². The molecule has 0 amide bonds. The minimum absolute atomic E-state index is 0.171. The molecular formula is C23H26N2OS. The number of carbonyl (C=O) groups excluding carboxylic acids is 1. The van der Waals surface area contributed by atoms with E-state index in [1.165, 1.54) is 42.5 Å². The van der Waals surface area contributed by atoms with Gasteiger partial charge in [0.25, 0.3) is 0 Å². The van der Waals surface area contributed by atoms with Gasteiger partial charge >= 0.3 is 0 Å². The first kappa shape index (κ1) is 17.2. The van der Waals surface area contributed by atoms with Crippen molar-refractivity contribution in [2.75, 3.05) is 5.32 Å². The van der Waals surface area contributed by atoms with Gasteiger partial charge in [0.2, 0.25) is 0 Å². The van der Waals surface area contributed by atoms with Gasteiger partial charge in [-0.15, -0.1) is 11.3 Å². The lowest BCUT2D eigenvalue weighted by Gasteiger charge is -2.47. The summed E-state index contributed by atoms with van der Waals surface area (Å²) in [7, 11) is 0. The maximum Gasteiger partial charge on any atom is 0.162 e. The van der Waals surface area contributed by atoms with Crippen LogP contribution in [0.2, 0.25) is 0 Å². The van der Waals surface area contributed by atoms with Crippen LogP contribution in [-0.2, 0) is 10.2 Å². The summed E-state index contributed by atoms with van der Waals surface area (Å²) in [5.41, 5.74) is 5.13. The highest BCUT2D eigenvalue weighted by atomic mass is 32.1. The van der Waals surface area contributed by atoms with Crippen molar-refractivity contribution in [3.63, 3.8) is 0 Å². The van der Waals surface area contributed by atoms with Gasteiger partial charge in [-0.1, -0.05) is 56.5 Å². The SMILES string of the molecule is CCC1(c2ccccc2)C2=C(CC3(CCCCC3)CC2=O)Nc2ncsc21. The number of nitrogens with zero attached hydrogens (tertiary/aromatic N) is 1. The number of thiazole rings is 1. The molecule has 1 aliphatic heterocycles. The van der Waals surface area contributed by atoms with Gasteiger partial charge in [0.05, 0.1) is 15.8 Å². The summed E-state index contributed by atoms with van der Waals surface area (Å²) in [6.45, 7) is 2.21. The summed E-state index contributed by atoms with van der Waals surface area (Å²) in [6, 6.07) is 10.6. The maximum atomic E-state index is 13.7. The van der Waals surface area contributed by atoms with Crippen molar-refractivity contribution in [2.24, 2.45) is 5.41 Å². The molecule has 1 atom stereocenters. The number of anilines is 1. The maximum absolute atomic E-state index is 13.7. The minimum atomic E-state index is -0.355. The van der Waals surface area contributed by atoms with Gasteiger partial charge in [-0.2, -0.15) is 0 Å². The average Bonchev–Trinajstić information content (AvgIpc) is 3.16. The molecular weight excluding hydrogens is 352 g/mol. The van der Waals surface area contributed by atoms with Crippen LogP contribution in [-0.4, -0.2) is 10.8 Å². The molecule has 2 heterocycles. The van der Waals surface area contributed by atoms with Crippen LogP contribution in [0.1, 0.15) is 68.7 Å². The van der Waals surface area contributed by atoms with E-state index in [0.29, 0.717) is 5.78 Å². The molecule has 1 aromatic heterocycles. The molecule has 1 N–H and O–H groups in total. The Balaban J connectivity index is 1.71. The number of rotatable bonds is 2. The van der Waals surface area contributed by atoms with Crippen LogP contribution in [0.15, 0.2) is 47.1 Å². The molecule has 2 aromatic rings. The van der Waals surface area contributed by atoms with Crippen LogP contribution < -0.4 is 5.32 Å². The van der Waals surface area contributed by atoms with Crippen LogP contribution in [0.3, 0.4) is 0 Å². The van der Waals surface area contributed by atoms with Crippen LogP contribution in [0, 0.1) is 5.41 Å². The number of ketones is 1. The molecule has 3 aliphatic rings. The summed E-state index contributed by atoms with van der Waals surface area (Å²) < 4.78 is 0. The fraction of sp³-hybridized carbons (Fsp3) is 0.478. The van der Waals surface area contributed by atoms with Crippen molar-refractivity contribution < 1.29 is 4.79 Å². The van der Waals surface area contributed by atoms with Gasteiger partial charge in [0.15, 0.2) is 5.78 Å². The predicted molar refractivity (Wildman–Crippen MR) is 110 cm³/mol. The molecule has 27 heavy (non-hydrogen) atoms. The van der Waals surface area contributed by atoms with Crippen molar-refractivity contribution >= 4 is 22.9 Å². The highest BCUT2D eigenvalue weighted by Crippen LogP contribution is 2.57. The van der Waals surface area contributed by atoms with E-state index in [-0.39, 0.29) is 10.8 Å². The van der Waals surface area contributed by atoms with E-state index >= 15 is 0 Å². The number of benzene rings is 1. The van der Waals surface area contributed by atoms with Crippen molar-refractivity contribution in [1.29, 1.82) is 0 Å². The average molecular weight is 379 g/mol. The van der Waals surface area contributed by atoms with E-state index < -0.39 is 0 Å². The first-order chi connectivity index (χ1) is 13.2. The third-order valence-electron chi connectivity index (χ3n) is 7.03. The van der Waals surface area contributed by atoms with E-state index in [9.17, 15) is 4.79 Å². The summed E-state index contributed by atoms with van der Waals surface area (Å²) >= 11 is 1.68. The van der Waals surface area contributed by atoms with E-state index in [0.717, 1.165) is 36.4 Å². The molecule has 0 saturated heterocycles. The summed E-state index contributed by atoms with van der Waals surface area (Å²) in [4.78, 5) is 19.5. The molecule has 0 radical (unpaired) electrons. The lowest BCUT2D eigenvalue weighted by molar-refractivity contribution is -0.119. The van der Waals surface area contributed by atoms with Gasteiger partial charge in [-0.05, 0) is 36.7 Å². The molecule has 1 spiro atoms. The number of carbonyl (C=O) groups is 1. The van der Waals surface area contributed by atoms with Crippen LogP contribution in [0.4, 0.5) is 5.82 Å². The second kappa shape index (κ2) is 6.30. The predicted octanol–water partition coefficient (Wildman–Crippen LogP) is 5.83. The quantitative estimate of drug-likeness (QED) is 0.714. The standard InChI is InChI=1S/C23H26N2OS/c1-2-23(16-9-5-3-6-10-16)19-17(25-21-20(23)27-15-24-21)13-22(14-18(19)26)11-7-4-8-12-22/h3,5-6,9-10,15,25H,2,4,7-8,11-14H2,1H3. The van der Waals surface area contributed by atoms with Crippen molar-refractivity contribution in [1.82, 2.24) is 4.98 Å². The summed E-state index contributed by atoms with van der Waals surface area (Å²) in [6.07, 6.45) is 8.80. The van der Waals surface area contributed by atoms with Crippen LogP contribution in [0.5, 0.6) is 0 Å². The number of hydrogen-bond acceptors (Lipinski definition) is 4. The molecule has 4 heteroatoms. The van der Waals surface area contributed by atoms with Gasteiger partial charge < -0.3 is 5.32 Å². The van der Waals surface area contributed by atoms with Gasteiger partial charge in [0.1, 0.15) is 5.82 Å². The van der Waals surface area contributed by atoms with Gasteiger partial charge in [0, 0.05) is 17.7 Å². The zero-order valence-electron chi connectivity index (χ0n) is 15.9. The van der Waals surface area contributed by atoms with Gasteiger partial charge in [-0.25, -0.2) is 4.98 Å². The lowest BCUT2D eigenvalue weighted by atomic mass is 9.58. The summed E-state index contributed by atoms with van der Waals surface area (Å²) in [5, 5.41) is 3.60. The van der Waals surface area contributed by atoms with Crippen molar-refractivity contribution in [3.05, 3.63) is 57.6 Å². The Morgan fingerprint density at radius 2 is 1.89 bits per heavy atom.